The van der Waals surface area contributed by atoms with E-state index in [0.717, 1.165) is 11.8 Å². The van der Waals surface area contributed by atoms with Gasteiger partial charge in [0.25, 0.3) is 5.91 Å². The first-order valence-corrected chi connectivity index (χ1v) is 7.16. The zero-order valence-corrected chi connectivity index (χ0v) is 11.3. The van der Waals surface area contributed by atoms with Gasteiger partial charge in [0.05, 0.1) is 5.02 Å². The molecule has 3 nitrogen and oxygen atoms in total. The molecule has 2 bridgehead atoms. The Morgan fingerprint density at radius 2 is 2.33 bits per heavy atom. The van der Waals surface area contributed by atoms with Gasteiger partial charge in [-0.1, -0.05) is 18.0 Å². The number of rotatable bonds is 3. The number of aromatic amines is 1. The van der Waals surface area contributed by atoms with E-state index < -0.39 is 0 Å². The molecule has 98 valence electrons. The Morgan fingerprint density at radius 1 is 1.50 bits per heavy atom. The Labute approximate surface area is 112 Å². The minimum Gasteiger partial charge on any atom is -0.356 e. The smallest absolute Gasteiger partial charge is 0.267 e. The van der Waals surface area contributed by atoms with E-state index in [9.17, 15) is 4.79 Å². The molecule has 0 unspecified atom stereocenters. The summed E-state index contributed by atoms with van der Waals surface area (Å²) in [5.74, 6) is 2.37. The lowest BCUT2D eigenvalue weighted by Crippen LogP contribution is -2.40. The summed E-state index contributed by atoms with van der Waals surface area (Å²) in [6, 6.07) is 1.93. The van der Waals surface area contributed by atoms with Crippen LogP contribution in [0, 0.1) is 17.8 Å². The van der Waals surface area contributed by atoms with Crippen LogP contribution in [-0.2, 0) is 0 Å². The number of fused-ring (bicyclic) bond motifs is 2. The quantitative estimate of drug-likeness (QED) is 0.867. The van der Waals surface area contributed by atoms with Crippen molar-refractivity contribution in [2.75, 3.05) is 0 Å². The molecular formula is C14H19ClN2O. The molecule has 4 atom stereocenters. The molecule has 1 heterocycles. The third-order valence-corrected chi connectivity index (χ3v) is 4.90. The normalized spacial score (nSPS) is 31.6. The van der Waals surface area contributed by atoms with Crippen LogP contribution in [0.4, 0.5) is 0 Å². The Balaban J connectivity index is 1.61. The van der Waals surface area contributed by atoms with Crippen molar-refractivity contribution in [3.05, 3.63) is 23.0 Å². The number of hydrogen-bond acceptors (Lipinski definition) is 1. The average molecular weight is 267 g/mol. The van der Waals surface area contributed by atoms with E-state index in [1.165, 1.54) is 25.7 Å². The maximum absolute atomic E-state index is 12.0. The summed E-state index contributed by atoms with van der Waals surface area (Å²) < 4.78 is 0. The third-order valence-electron chi connectivity index (χ3n) is 4.69. The highest BCUT2D eigenvalue weighted by molar-refractivity contribution is 6.30. The molecule has 2 aliphatic carbocycles. The molecule has 2 N–H and O–H groups in total. The number of aromatic nitrogens is 1. The zero-order chi connectivity index (χ0) is 12.7. The molecule has 0 aromatic carbocycles. The van der Waals surface area contributed by atoms with E-state index in [1.54, 1.807) is 12.3 Å². The van der Waals surface area contributed by atoms with E-state index in [1.807, 2.05) is 0 Å². The molecular weight excluding hydrogens is 248 g/mol. The fraction of sp³-hybridized carbons (Fsp3) is 0.643. The second-order valence-electron chi connectivity index (χ2n) is 5.83. The standard InChI is InChI=1S/C14H19ClN2O/c1-8(12-5-9-2-3-10(12)4-9)17-14(18)13-6-11(15)7-16-13/h6-10,12,16H,2-5H2,1H3,(H,17,18)/t8-,9+,10+,12+/m1/s1. The number of amides is 1. The molecule has 2 aliphatic rings. The Morgan fingerprint density at radius 3 is 2.89 bits per heavy atom. The number of halogens is 1. The van der Waals surface area contributed by atoms with Gasteiger partial charge in [0.1, 0.15) is 5.69 Å². The van der Waals surface area contributed by atoms with E-state index in [2.05, 4.69) is 17.2 Å². The summed E-state index contributed by atoms with van der Waals surface area (Å²) >= 11 is 5.81. The molecule has 0 saturated heterocycles. The van der Waals surface area contributed by atoms with Gasteiger partial charge in [-0.25, -0.2) is 0 Å². The van der Waals surface area contributed by atoms with Crippen LogP contribution in [-0.4, -0.2) is 16.9 Å². The minimum atomic E-state index is -0.0443. The number of hydrogen-bond donors (Lipinski definition) is 2. The van der Waals surface area contributed by atoms with E-state index in [-0.39, 0.29) is 11.9 Å². The summed E-state index contributed by atoms with van der Waals surface area (Å²) in [6.45, 7) is 2.13. The van der Waals surface area contributed by atoms with Crippen molar-refractivity contribution in [3.63, 3.8) is 0 Å². The molecule has 4 heteroatoms. The van der Waals surface area contributed by atoms with E-state index >= 15 is 0 Å². The number of carbonyl (C=O) groups is 1. The largest absolute Gasteiger partial charge is 0.356 e. The van der Waals surface area contributed by atoms with Gasteiger partial charge in [-0.3, -0.25) is 4.79 Å². The Hall–Kier alpha value is -0.960. The molecule has 0 radical (unpaired) electrons. The van der Waals surface area contributed by atoms with Crippen molar-refractivity contribution in [2.24, 2.45) is 17.8 Å². The van der Waals surface area contributed by atoms with Crippen molar-refractivity contribution in [1.29, 1.82) is 0 Å². The number of carbonyl (C=O) groups excluding carboxylic acids is 1. The Kier molecular flexibility index (Phi) is 3.10. The first-order chi connectivity index (χ1) is 8.63. The van der Waals surface area contributed by atoms with Gasteiger partial charge in [0, 0.05) is 12.2 Å². The van der Waals surface area contributed by atoms with Gasteiger partial charge in [-0.05, 0) is 50.0 Å². The van der Waals surface area contributed by atoms with Gasteiger partial charge in [-0.2, -0.15) is 0 Å². The molecule has 1 aromatic heterocycles. The van der Waals surface area contributed by atoms with E-state index in [4.69, 9.17) is 11.6 Å². The fourth-order valence-electron chi connectivity index (χ4n) is 3.80. The molecule has 3 rings (SSSR count). The maximum Gasteiger partial charge on any atom is 0.267 e. The van der Waals surface area contributed by atoms with Crippen LogP contribution in [0.15, 0.2) is 12.3 Å². The summed E-state index contributed by atoms with van der Waals surface area (Å²) in [5, 5.41) is 3.68. The lowest BCUT2D eigenvalue weighted by atomic mass is 9.84. The zero-order valence-electron chi connectivity index (χ0n) is 10.6. The summed E-state index contributed by atoms with van der Waals surface area (Å²) in [5.41, 5.74) is 0.551. The monoisotopic (exact) mass is 266 g/mol. The van der Waals surface area contributed by atoms with Crippen LogP contribution < -0.4 is 5.32 Å². The van der Waals surface area contributed by atoms with Gasteiger partial charge in [0.15, 0.2) is 0 Å². The second-order valence-corrected chi connectivity index (χ2v) is 6.27. The Bertz CT molecular complexity index is 456. The average Bonchev–Trinajstić information content (AvgIpc) is 3.03. The second kappa shape index (κ2) is 4.61. The van der Waals surface area contributed by atoms with Gasteiger partial charge in [-0.15, -0.1) is 0 Å². The highest BCUT2D eigenvalue weighted by atomic mass is 35.5. The fourth-order valence-corrected chi connectivity index (χ4v) is 3.96. The van der Waals surface area contributed by atoms with Crippen LogP contribution in [0.25, 0.3) is 0 Å². The number of H-pyrrole nitrogens is 1. The lowest BCUT2D eigenvalue weighted by molar-refractivity contribution is 0.0911. The van der Waals surface area contributed by atoms with Gasteiger partial charge in [0.2, 0.25) is 0 Å². The first kappa shape index (κ1) is 12.1. The first-order valence-electron chi connectivity index (χ1n) is 6.78. The molecule has 1 amide bonds. The molecule has 0 aliphatic heterocycles. The van der Waals surface area contributed by atoms with Crippen LogP contribution >= 0.6 is 11.6 Å². The maximum atomic E-state index is 12.0. The predicted molar refractivity (Wildman–Crippen MR) is 71.7 cm³/mol. The van der Waals surface area contributed by atoms with E-state index in [0.29, 0.717) is 16.6 Å². The molecule has 2 fully saturated rings. The van der Waals surface area contributed by atoms with Crippen molar-refractivity contribution >= 4 is 17.5 Å². The van der Waals surface area contributed by atoms with Crippen molar-refractivity contribution in [2.45, 2.75) is 38.6 Å². The summed E-state index contributed by atoms with van der Waals surface area (Å²) in [6.07, 6.45) is 7.05. The topological polar surface area (TPSA) is 44.9 Å². The highest BCUT2D eigenvalue weighted by Crippen LogP contribution is 2.49. The SMILES string of the molecule is C[C@@H](NC(=O)c1cc(Cl)c[nH]1)[C@@H]1C[C@H]2CC[C@H]1C2. The highest BCUT2D eigenvalue weighted by Gasteiger charge is 2.42. The minimum absolute atomic E-state index is 0.0443. The lowest BCUT2D eigenvalue weighted by Gasteiger charge is -2.28. The number of nitrogens with one attached hydrogen (secondary N) is 2. The van der Waals surface area contributed by atoms with Crippen LogP contribution in [0.2, 0.25) is 5.02 Å². The van der Waals surface area contributed by atoms with Crippen molar-refractivity contribution in [1.82, 2.24) is 10.3 Å². The van der Waals surface area contributed by atoms with Gasteiger partial charge >= 0.3 is 0 Å². The summed E-state index contributed by atoms with van der Waals surface area (Å²) in [7, 11) is 0. The summed E-state index contributed by atoms with van der Waals surface area (Å²) in [4.78, 5) is 14.9. The van der Waals surface area contributed by atoms with Crippen molar-refractivity contribution in [3.8, 4) is 0 Å². The van der Waals surface area contributed by atoms with Crippen molar-refractivity contribution < 1.29 is 4.79 Å². The molecule has 0 spiro atoms. The molecule has 18 heavy (non-hydrogen) atoms. The van der Waals surface area contributed by atoms with Crippen LogP contribution in [0.1, 0.15) is 43.1 Å². The third kappa shape index (κ3) is 2.16. The predicted octanol–water partition coefficient (Wildman–Crippen LogP) is 3.22. The van der Waals surface area contributed by atoms with Crippen LogP contribution in [0.3, 0.4) is 0 Å². The molecule has 2 saturated carbocycles. The van der Waals surface area contributed by atoms with Gasteiger partial charge < -0.3 is 10.3 Å². The molecule has 1 aromatic rings. The van der Waals surface area contributed by atoms with Crippen LogP contribution in [0.5, 0.6) is 0 Å².